The number of halogens is 1. The fraction of sp³-hybridized carbons (Fsp3) is 0.0769. The van der Waals surface area contributed by atoms with Crippen molar-refractivity contribution in [3.05, 3.63) is 52.1 Å². The van der Waals surface area contributed by atoms with E-state index in [9.17, 15) is 4.79 Å². The van der Waals surface area contributed by atoms with Gasteiger partial charge in [0.05, 0.1) is 11.3 Å². The number of benzene rings is 1. The van der Waals surface area contributed by atoms with Gasteiger partial charge in [0.15, 0.2) is 0 Å². The Morgan fingerprint density at radius 3 is 2.83 bits per heavy atom. The highest BCUT2D eigenvalue weighted by molar-refractivity contribution is 9.10. The molecule has 0 fully saturated rings. The van der Waals surface area contributed by atoms with Crippen LogP contribution in [-0.2, 0) is 0 Å². The fourth-order valence-electron chi connectivity index (χ4n) is 1.55. The quantitative estimate of drug-likeness (QED) is 0.916. The molecule has 18 heavy (non-hydrogen) atoms. The molecule has 1 aromatic heterocycles. The number of primary amides is 1. The Kier molecular flexibility index (Phi) is 3.62. The van der Waals surface area contributed by atoms with Crippen LogP contribution in [0.5, 0.6) is 0 Å². The lowest BCUT2D eigenvalue weighted by atomic mass is 10.2. The van der Waals surface area contributed by atoms with E-state index in [2.05, 4.69) is 26.2 Å². The molecule has 3 N–H and O–H groups in total. The summed E-state index contributed by atoms with van der Waals surface area (Å²) < 4.78 is 0.906. The summed E-state index contributed by atoms with van der Waals surface area (Å²) in [6, 6.07) is 9.18. The van der Waals surface area contributed by atoms with E-state index in [1.165, 1.54) is 0 Å². The molecule has 0 bridgehead atoms. The second-order valence-electron chi connectivity index (χ2n) is 3.87. The number of nitrogens with two attached hydrogens (primary N) is 1. The number of amides is 1. The van der Waals surface area contributed by atoms with Crippen LogP contribution in [0.2, 0.25) is 0 Å². The number of hydrogen-bond acceptors (Lipinski definition) is 3. The van der Waals surface area contributed by atoms with Crippen LogP contribution in [-0.4, -0.2) is 10.9 Å². The number of rotatable bonds is 3. The Morgan fingerprint density at radius 1 is 1.39 bits per heavy atom. The van der Waals surface area contributed by atoms with Gasteiger partial charge in [-0.15, -0.1) is 0 Å². The van der Waals surface area contributed by atoms with Crippen molar-refractivity contribution < 1.29 is 4.79 Å². The van der Waals surface area contributed by atoms with E-state index in [0.717, 1.165) is 15.7 Å². The minimum Gasteiger partial charge on any atom is -0.365 e. The van der Waals surface area contributed by atoms with Gasteiger partial charge < -0.3 is 11.1 Å². The van der Waals surface area contributed by atoms with Gasteiger partial charge >= 0.3 is 0 Å². The molecule has 2 rings (SSSR count). The Morgan fingerprint density at radius 2 is 2.17 bits per heavy atom. The van der Waals surface area contributed by atoms with Crippen molar-refractivity contribution in [3.63, 3.8) is 0 Å². The molecule has 0 aliphatic heterocycles. The third-order valence-electron chi connectivity index (χ3n) is 2.45. The number of aromatic nitrogens is 1. The Balaban J connectivity index is 2.37. The molecule has 5 heteroatoms. The molecular weight excluding hydrogens is 294 g/mol. The lowest BCUT2D eigenvalue weighted by molar-refractivity contribution is 0.100. The Hall–Kier alpha value is -1.88. The number of anilines is 2. The number of aryl methyl sites for hydroxylation is 1. The molecular formula is C13H12BrN3O. The van der Waals surface area contributed by atoms with Crippen LogP contribution in [0.3, 0.4) is 0 Å². The van der Waals surface area contributed by atoms with Crippen molar-refractivity contribution in [3.8, 4) is 0 Å². The van der Waals surface area contributed by atoms with Crippen LogP contribution in [0.1, 0.15) is 15.9 Å². The molecule has 0 saturated carbocycles. The number of nitrogens with zero attached hydrogens (tertiary/aromatic N) is 1. The van der Waals surface area contributed by atoms with Gasteiger partial charge in [0.25, 0.3) is 5.91 Å². The van der Waals surface area contributed by atoms with Crippen molar-refractivity contribution in [2.75, 3.05) is 5.32 Å². The first kappa shape index (κ1) is 12.6. The van der Waals surface area contributed by atoms with Crippen molar-refractivity contribution in [1.29, 1.82) is 0 Å². The highest BCUT2D eigenvalue weighted by atomic mass is 79.9. The van der Waals surface area contributed by atoms with E-state index in [0.29, 0.717) is 11.4 Å². The molecule has 1 heterocycles. The zero-order chi connectivity index (χ0) is 13.1. The predicted molar refractivity (Wildman–Crippen MR) is 74.9 cm³/mol. The molecule has 0 radical (unpaired) electrons. The van der Waals surface area contributed by atoms with E-state index >= 15 is 0 Å². The first-order valence-corrected chi connectivity index (χ1v) is 6.15. The van der Waals surface area contributed by atoms with Gasteiger partial charge in [-0.2, -0.15) is 0 Å². The van der Waals surface area contributed by atoms with Crippen molar-refractivity contribution in [2.24, 2.45) is 5.73 Å². The molecule has 92 valence electrons. The molecule has 0 aliphatic carbocycles. The van der Waals surface area contributed by atoms with Crippen molar-refractivity contribution >= 4 is 33.3 Å². The summed E-state index contributed by atoms with van der Waals surface area (Å²) in [5.74, 6) is -0.0524. The molecule has 0 spiro atoms. The fourth-order valence-corrected chi connectivity index (χ4v) is 2.15. The minimum absolute atomic E-state index is 0.366. The van der Waals surface area contributed by atoms with E-state index < -0.39 is 5.91 Å². The largest absolute Gasteiger partial charge is 0.365 e. The summed E-state index contributed by atoms with van der Waals surface area (Å²) in [4.78, 5) is 15.4. The zero-order valence-corrected chi connectivity index (χ0v) is 11.4. The van der Waals surface area contributed by atoms with Crippen molar-refractivity contribution in [2.45, 2.75) is 6.92 Å². The molecule has 0 unspecified atom stereocenters. The van der Waals surface area contributed by atoms with Crippen LogP contribution >= 0.6 is 15.9 Å². The second kappa shape index (κ2) is 5.18. The van der Waals surface area contributed by atoms with Gasteiger partial charge in [0.1, 0.15) is 5.82 Å². The van der Waals surface area contributed by atoms with Gasteiger partial charge in [-0.3, -0.25) is 4.79 Å². The summed E-state index contributed by atoms with van der Waals surface area (Å²) in [5.41, 5.74) is 7.64. The predicted octanol–water partition coefficient (Wildman–Crippen LogP) is 3.00. The van der Waals surface area contributed by atoms with E-state index in [-0.39, 0.29) is 0 Å². The van der Waals surface area contributed by atoms with Crippen LogP contribution in [0, 0.1) is 6.92 Å². The maximum atomic E-state index is 11.3. The molecule has 1 aromatic carbocycles. The van der Waals surface area contributed by atoms with Crippen LogP contribution in [0.15, 0.2) is 41.0 Å². The maximum Gasteiger partial charge on any atom is 0.252 e. The molecule has 1 amide bonds. The number of carbonyl (C=O) groups is 1. The van der Waals surface area contributed by atoms with Crippen LogP contribution in [0.25, 0.3) is 0 Å². The summed E-state index contributed by atoms with van der Waals surface area (Å²) in [6.07, 6.45) is 1.61. The number of hydrogen-bond donors (Lipinski definition) is 2. The lowest BCUT2D eigenvalue weighted by Crippen LogP contribution is -2.14. The first-order chi connectivity index (χ1) is 8.58. The smallest absolute Gasteiger partial charge is 0.252 e. The summed E-state index contributed by atoms with van der Waals surface area (Å²) in [5, 5.41) is 3.09. The highest BCUT2D eigenvalue weighted by Gasteiger charge is 2.10. The SMILES string of the molecule is Cc1ccc(Nc2ncccc2C(N)=O)c(Br)c1. The number of nitrogens with one attached hydrogen (secondary N) is 1. The van der Waals surface area contributed by atoms with Gasteiger partial charge in [-0.25, -0.2) is 4.98 Å². The second-order valence-corrected chi connectivity index (χ2v) is 4.73. The summed E-state index contributed by atoms with van der Waals surface area (Å²) in [7, 11) is 0. The van der Waals surface area contributed by atoms with Gasteiger partial charge in [0, 0.05) is 10.7 Å². The van der Waals surface area contributed by atoms with Crippen molar-refractivity contribution in [1.82, 2.24) is 4.98 Å². The van der Waals surface area contributed by atoms with Crippen LogP contribution in [0.4, 0.5) is 11.5 Å². The third-order valence-corrected chi connectivity index (χ3v) is 3.11. The monoisotopic (exact) mass is 305 g/mol. The molecule has 2 aromatic rings. The van der Waals surface area contributed by atoms with E-state index in [4.69, 9.17) is 5.73 Å². The normalized spacial score (nSPS) is 10.1. The minimum atomic E-state index is -0.506. The van der Waals surface area contributed by atoms with Crippen LogP contribution < -0.4 is 11.1 Å². The summed E-state index contributed by atoms with van der Waals surface area (Å²) in [6.45, 7) is 2.00. The molecule has 0 aliphatic rings. The molecule has 0 atom stereocenters. The molecule has 0 saturated heterocycles. The molecule has 4 nitrogen and oxygen atoms in total. The van der Waals surface area contributed by atoms with Gasteiger partial charge in [-0.1, -0.05) is 6.07 Å². The maximum absolute atomic E-state index is 11.3. The van der Waals surface area contributed by atoms with Gasteiger partial charge in [0.2, 0.25) is 0 Å². The zero-order valence-electron chi connectivity index (χ0n) is 9.77. The third kappa shape index (κ3) is 2.68. The standard InChI is InChI=1S/C13H12BrN3O/c1-8-4-5-11(10(14)7-8)17-13-9(12(15)18)3-2-6-16-13/h2-7H,1H3,(H2,15,18)(H,16,17). The highest BCUT2D eigenvalue weighted by Crippen LogP contribution is 2.27. The average molecular weight is 306 g/mol. The Bertz CT molecular complexity index is 599. The van der Waals surface area contributed by atoms with E-state index in [1.807, 2.05) is 25.1 Å². The number of carbonyl (C=O) groups excluding carboxylic acids is 1. The number of pyridine rings is 1. The summed E-state index contributed by atoms with van der Waals surface area (Å²) >= 11 is 3.46. The Labute approximate surface area is 113 Å². The van der Waals surface area contributed by atoms with E-state index in [1.54, 1.807) is 18.3 Å². The lowest BCUT2D eigenvalue weighted by Gasteiger charge is -2.10. The topological polar surface area (TPSA) is 68.0 Å². The average Bonchev–Trinajstić information content (AvgIpc) is 2.33. The van der Waals surface area contributed by atoms with Gasteiger partial charge in [-0.05, 0) is 52.7 Å². The first-order valence-electron chi connectivity index (χ1n) is 5.36.